The Hall–Kier alpha value is -2.29. The first-order chi connectivity index (χ1) is 12.2. The predicted molar refractivity (Wildman–Crippen MR) is 96.0 cm³/mol. The third-order valence-electron chi connectivity index (χ3n) is 4.09. The molecule has 0 spiro atoms. The molecule has 1 saturated heterocycles. The third-order valence-corrected chi connectivity index (χ3v) is 4.96. The molecule has 1 fully saturated rings. The maximum Gasteiger partial charge on any atom is 0.284 e. The van der Waals surface area contributed by atoms with E-state index < -0.39 is 0 Å². The molecule has 3 heterocycles. The van der Waals surface area contributed by atoms with E-state index in [2.05, 4.69) is 15.6 Å². The summed E-state index contributed by atoms with van der Waals surface area (Å²) in [4.78, 5) is 14.8. The second kappa shape index (κ2) is 6.91. The van der Waals surface area contributed by atoms with Gasteiger partial charge < -0.3 is 14.1 Å². The molecule has 0 saturated carbocycles. The quantitative estimate of drug-likeness (QED) is 0.709. The van der Waals surface area contributed by atoms with Gasteiger partial charge in [0.05, 0.1) is 13.2 Å². The zero-order chi connectivity index (χ0) is 17.2. The highest BCUT2D eigenvalue weighted by Gasteiger charge is 2.26. The van der Waals surface area contributed by atoms with Crippen LogP contribution in [-0.4, -0.2) is 40.7 Å². The molecule has 128 valence electrons. The molecule has 0 aliphatic carbocycles. The zero-order valence-electron chi connectivity index (χ0n) is 13.2. The number of aromatic nitrogens is 2. The number of H-pyrrole nitrogens is 1. The average molecular weight is 373 g/mol. The van der Waals surface area contributed by atoms with Gasteiger partial charge in [0.1, 0.15) is 6.10 Å². The molecule has 1 aliphatic rings. The summed E-state index contributed by atoms with van der Waals surface area (Å²) in [5.74, 6) is 0.408. The number of hydrogen-bond donors (Lipinski definition) is 1. The summed E-state index contributed by atoms with van der Waals surface area (Å²) >= 11 is 6.51. The van der Waals surface area contributed by atoms with Crippen molar-refractivity contribution in [1.29, 1.82) is 0 Å². The highest BCUT2D eigenvalue weighted by molar-refractivity contribution is 7.71. The van der Waals surface area contributed by atoms with Gasteiger partial charge in [-0.1, -0.05) is 0 Å². The smallest absolute Gasteiger partial charge is 0.284 e. The lowest BCUT2D eigenvalue weighted by Crippen LogP contribution is -2.42. The Morgan fingerprint density at radius 2 is 2.16 bits per heavy atom. The number of benzene rings is 1. The van der Waals surface area contributed by atoms with Gasteiger partial charge in [0, 0.05) is 17.7 Å². The summed E-state index contributed by atoms with van der Waals surface area (Å²) in [7, 11) is 0. The van der Waals surface area contributed by atoms with Crippen LogP contribution in [0.4, 0.5) is 0 Å². The van der Waals surface area contributed by atoms with Crippen LogP contribution in [0.1, 0.15) is 22.0 Å². The number of ether oxygens (including phenoxy) is 1. The molecule has 3 aromatic rings. The van der Waals surface area contributed by atoms with E-state index in [4.69, 9.17) is 21.4 Å². The second-order valence-corrected chi connectivity index (χ2v) is 6.81. The molecule has 1 amide bonds. The van der Waals surface area contributed by atoms with Crippen molar-refractivity contribution >= 4 is 29.5 Å². The number of carbonyl (C=O) groups excluding carboxylic acids is 1. The monoisotopic (exact) mass is 373 g/mol. The number of thiophene rings is 1. The molecule has 0 radical (unpaired) electrons. The van der Waals surface area contributed by atoms with Gasteiger partial charge in [-0.05, 0) is 58.9 Å². The number of nitrogens with zero attached hydrogens (tertiary/aromatic N) is 2. The molecule has 2 aromatic heterocycles. The first kappa shape index (κ1) is 16.2. The molecule has 4 rings (SSSR count). The Kier molecular flexibility index (Phi) is 4.48. The summed E-state index contributed by atoms with van der Waals surface area (Å²) in [6.45, 7) is 1.69. The average Bonchev–Trinajstić information content (AvgIpc) is 3.33. The molecule has 6 nitrogen and oxygen atoms in total. The topological polar surface area (TPSA) is 71.4 Å². The number of hydrogen-bond acceptors (Lipinski definition) is 6. The molecule has 1 aliphatic heterocycles. The van der Waals surface area contributed by atoms with E-state index in [0.717, 1.165) is 11.1 Å². The normalized spacial score (nSPS) is 17.6. The maximum atomic E-state index is 12.8. The van der Waals surface area contributed by atoms with E-state index in [1.807, 2.05) is 16.3 Å². The Bertz CT molecular complexity index is 915. The summed E-state index contributed by atoms with van der Waals surface area (Å²) in [6.07, 6.45) is -0.0587. The van der Waals surface area contributed by atoms with E-state index in [-0.39, 0.29) is 16.8 Å². The summed E-state index contributed by atoms with van der Waals surface area (Å²) in [5.41, 5.74) is 2.52. The first-order valence-electron chi connectivity index (χ1n) is 7.79. The fourth-order valence-corrected chi connectivity index (χ4v) is 3.61. The summed E-state index contributed by atoms with van der Waals surface area (Å²) in [6, 6.07) is 9.20. The summed E-state index contributed by atoms with van der Waals surface area (Å²) < 4.78 is 11.1. The molecule has 1 N–H and O–H groups in total. The molecule has 1 atom stereocenters. The molecule has 0 bridgehead atoms. The van der Waals surface area contributed by atoms with Gasteiger partial charge in [0.15, 0.2) is 0 Å². The van der Waals surface area contributed by atoms with Crippen LogP contribution in [0.15, 0.2) is 45.5 Å². The highest BCUT2D eigenvalue weighted by atomic mass is 32.1. The van der Waals surface area contributed by atoms with Crippen LogP contribution in [0.2, 0.25) is 0 Å². The lowest BCUT2D eigenvalue weighted by Gasteiger charge is -2.32. The number of amides is 1. The van der Waals surface area contributed by atoms with Crippen LogP contribution in [-0.2, 0) is 4.74 Å². The van der Waals surface area contributed by atoms with E-state index >= 15 is 0 Å². The van der Waals surface area contributed by atoms with Gasteiger partial charge in [-0.3, -0.25) is 4.79 Å². The number of nitrogens with one attached hydrogen (secondary N) is 1. The van der Waals surface area contributed by atoms with Gasteiger partial charge in [0.2, 0.25) is 5.89 Å². The van der Waals surface area contributed by atoms with E-state index in [1.54, 1.807) is 35.6 Å². The number of aromatic amines is 1. The largest absolute Gasteiger partial charge is 0.409 e. The van der Waals surface area contributed by atoms with E-state index in [1.165, 1.54) is 0 Å². The lowest BCUT2D eigenvalue weighted by atomic mass is 10.1. The molecular weight excluding hydrogens is 358 g/mol. The Morgan fingerprint density at radius 3 is 2.84 bits per heavy atom. The van der Waals surface area contributed by atoms with Gasteiger partial charge >= 0.3 is 0 Å². The Labute approximate surface area is 153 Å². The SMILES string of the molecule is O=C(c1ccc(-c2n[nH]c(=S)o2)cc1)N1CCOC(c2ccsc2)C1. The standard InChI is InChI=1S/C17H15N3O3S2/c21-16(20-6-7-22-14(9-20)13-5-8-25-10-13)12-3-1-11(2-4-12)15-18-19-17(24)23-15/h1-5,8,10,14H,6-7,9H2,(H,19,24). The molecule has 1 unspecified atom stereocenters. The number of carbonyl (C=O) groups is 1. The minimum Gasteiger partial charge on any atom is -0.409 e. The third kappa shape index (κ3) is 3.41. The van der Waals surface area contributed by atoms with Gasteiger partial charge in [0.25, 0.3) is 10.7 Å². The van der Waals surface area contributed by atoms with Crippen molar-refractivity contribution < 1.29 is 13.9 Å². The molecular formula is C17H15N3O3S2. The van der Waals surface area contributed by atoms with Crippen LogP contribution in [0, 0.1) is 4.84 Å². The van der Waals surface area contributed by atoms with Crippen molar-refractivity contribution in [1.82, 2.24) is 15.1 Å². The minimum absolute atomic E-state index is 0.00185. The van der Waals surface area contributed by atoms with Crippen molar-refractivity contribution in [2.45, 2.75) is 6.10 Å². The van der Waals surface area contributed by atoms with E-state index in [9.17, 15) is 4.79 Å². The minimum atomic E-state index is -0.0587. The summed E-state index contributed by atoms with van der Waals surface area (Å²) in [5, 5.41) is 10.7. The first-order valence-corrected chi connectivity index (χ1v) is 9.15. The second-order valence-electron chi connectivity index (χ2n) is 5.66. The van der Waals surface area contributed by atoms with Crippen LogP contribution in [0.5, 0.6) is 0 Å². The lowest BCUT2D eigenvalue weighted by molar-refractivity contribution is -0.0226. The maximum absolute atomic E-state index is 12.8. The van der Waals surface area contributed by atoms with Crippen molar-refractivity contribution in [2.75, 3.05) is 19.7 Å². The number of morpholine rings is 1. The van der Waals surface area contributed by atoms with Crippen molar-refractivity contribution in [2.24, 2.45) is 0 Å². The zero-order valence-corrected chi connectivity index (χ0v) is 14.8. The van der Waals surface area contributed by atoms with Crippen molar-refractivity contribution in [3.63, 3.8) is 0 Å². The van der Waals surface area contributed by atoms with Crippen molar-refractivity contribution in [3.05, 3.63) is 57.1 Å². The van der Waals surface area contributed by atoms with Crippen LogP contribution in [0.25, 0.3) is 11.5 Å². The van der Waals surface area contributed by atoms with Crippen LogP contribution < -0.4 is 0 Å². The number of rotatable bonds is 3. The molecule has 8 heteroatoms. The highest BCUT2D eigenvalue weighted by Crippen LogP contribution is 2.25. The fraction of sp³-hybridized carbons (Fsp3) is 0.235. The van der Waals surface area contributed by atoms with Crippen LogP contribution in [0.3, 0.4) is 0 Å². The molecule has 1 aromatic carbocycles. The predicted octanol–water partition coefficient (Wildman–Crippen LogP) is 3.67. The van der Waals surface area contributed by atoms with E-state index in [0.29, 0.717) is 31.2 Å². The molecule has 25 heavy (non-hydrogen) atoms. The van der Waals surface area contributed by atoms with Gasteiger partial charge in [-0.2, -0.15) is 11.3 Å². The van der Waals surface area contributed by atoms with Crippen molar-refractivity contribution in [3.8, 4) is 11.5 Å². The fourth-order valence-electron chi connectivity index (χ4n) is 2.78. The van der Waals surface area contributed by atoms with Crippen LogP contribution >= 0.6 is 23.6 Å². The Balaban J connectivity index is 1.49. The van der Waals surface area contributed by atoms with Gasteiger partial charge in [-0.15, -0.1) is 5.10 Å². The van der Waals surface area contributed by atoms with Gasteiger partial charge in [-0.25, -0.2) is 5.10 Å². The Morgan fingerprint density at radius 1 is 1.32 bits per heavy atom.